The minimum Gasteiger partial charge on any atom is -0.497 e. The van der Waals surface area contributed by atoms with Crippen LogP contribution in [0.1, 0.15) is 0 Å². The molecule has 0 amide bonds. The molecule has 3 rings (SSSR count). The third-order valence-electron chi connectivity index (χ3n) is 3.24. The summed E-state index contributed by atoms with van der Waals surface area (Å²) in [5, 5.41) is 11.7. The Kier molecular flexibility index (Phi) is 7.01. The third-order valence-corrected chi connectivity index (χ3v) is 3.24. The van der Waals surface area contributed by atoms with E-state index in [9.17, 15) is 0 Å². The van der Waals surface area contributed by atoms with Gasteiger partial charge in [-0.3, -0.25) is 4.98 Å². The second-order valence-corrected chi connectivity index (χ2v) is 4.93. The second-order valence-electron chi connectivity index (χ2n) is 4.93. The fourth-order valence-electron chi connectivity index (χ4n) is 2.04. The van der Waals surface area contributed by atoms with Crippen molar-refractivity contribution in [2.24, 2.45) is 0 Å². The van der Waals surface area contributed by atoms with E-state index in [1.54, 1.807) is 20.4 Å². The number of aromatic nitrogens is 1. The number of hydrogen-bond acceptors (Lipinski definition) is 5. The van der Waals surface area contributed by atoms with E-state index in [-0.39, 0.29) is 6.61 Å². The standard InChI is InChI=1S/C16H13NO2.C3H9NO/c1-18-13-7-8-14-15(11-13)17-10-9-16(14)19-12-5-3-2-4-6-12;1-4-2-3-5/h2-11H,1H3;4-5H,2-3H2,1H3. The molecule has 0 saturated heterocycles. The van der Waals surface area contributed by atoms with E-state index in [1.165, 1.54) is 0 Å². The van der Waals surface area contributed by atoms with E-state index < -0.39 is 0 Å². The lowest BCUT2D eigenvalue weighted by Crippen LogP contribution is -2.10. The van der Waals surface area contributed by atoms with E-state index in [1.807, 2.05) is 54.6 Å². The van der Waals surface area contributed by atoms with Crippen LogP contribution in [0.3, 0.4) is 0 Å². The normalized spacial score (nSPS) is 9.96. The van der Waals surface area contributed by atoms with Crippen LogP contribution in [0, 0.1) is 0 Å². The Morgan fingerprint density at radius 1 is 1.04 bits per heavy atom. The molecule has 5 heteroatoms. The summed E-state index contributed by atoms with van der Waals surface area (Å²) >= 11 is 0. The number of nitrogens with zero attached hydrogens (tertiary/aromatic N) is 1. The van der Waals surface area contributed by atoms with Crippen molar-refractivity contribution < 1.29 is 14.6 Å². The molecule has 2 aromatic carbocycles. The highest BCUT2D eigenvalue weighted by Gasteiger charge is 2.05. The minimum absolute atomic E-state index is 0.233. The molecular weight excluding hydrogens is 304 g/mol. The first-order valence-electron chi connectivity index (χ1n) is 7.69. The number of para-hydroxylation sites is 1. The van der Waals surface area contributed by atoms with Gasteiger partial charge in [-0.05, 0) is 37.4 Å². The monoisotopic (exact) mass is 326 g/mol. The first-order valence-corrected chi connectivity index (χ1v) is 7.69. The minimum atomic E-state index is 0.233. The van der Waals surface area contributed by atoms with E-state index in [2.05, 4.69) is 10.3 Å². The predicted molar refractivity (Wildman–Crippen MR) is 95.8 cm³/mol. The van der Waals surface area contributed by atoms with Gasteiger partial charge in [-0.15, -0.1) is 0 Å². The second kappa shape index (κ2) is 9.50. The Morgan fingerprint density at radius 3 is 2.46 bits per heavy atom. The molecule has 0 spiro atoms. The first kappa shape index (κ1) is 17.7. The van der Waals surface area contributed by atoms with Gasteiger partial charge in [-0.2, -0.15) is 0 Å². The molecule has 0 saturated carbocycles. The molecule has 2 N–H and O–H groups in total. The number of pyridine rings is 1. The number of aliphatic hydroxyl groups is 1. The molecule has 1 aromatic heterocycles. The quantitative estimate of drug-likeness (QED) is 0.754. The van der Waals surface area contributed by atoms with Crippen LogP contribution in [0.15, 0.2) is 60.8 Å². The third kappa shape index (κ3) is 4.94. The van der Waals surface area contributed by atoms with Crippen LogP contribution in [0.4, 0.5) is 0 Å². The molecule has 0 radical (unpaired) electrons. The Morgan fingerprint density at radius 2 is 1.83 bits per heavy atom. The van der Waals surface area contributed by atoms with E-state index in [0.29, 0.717) is 6.54 Å². The summed E-state index contributed by atoms with van der Waals surface area (Å²) < 4.78 is 11.1. The van der Waals surface area contributed by atoms with Gasteiger partial charge in [-0.25, -0.2) is 0 Å². The highest BCUT2D eigenvalue weighted by molar-refractivity contribution is 5.86. The van der Waals surface area contributed by atoms with Crippen LogP contribution in [0.2, 0.25) is 0 Å². The summed E-state index contributed by atoms with van der Waals surface area (Å²) in [5.74, 6) is 2.39. The highest BCUT2D eigenvalue weighted by Crippen LogP contribution is 2.30. The zero-order valence-electron chi connectivity index (χ0n) is 13.9. The summed E-state index contributed by atoms with van der Waals surface area (Å²) in [4.78, 5) is 4.33. The Labute approximate surface area is 141 Å². The van der Waals surface area contributed by atoms with Gasteiger partial charge >= 0.3 is 0 Å². The van der Waals surface area contributed by atoms with Gasteiger partial charge in [0.15, 0.2) is 0 Å². The molecule has 0 atom stereocenters. The molecule has 126 valence electrons. The van der Waals surface area contributed by atoms with Gasteiger partial charge in [0.25, 0.3) is 0 Å². The molecule has 0 aliphatic rings. The topological polar surface area (TPSA) is 63.6 Å². The van der Waals surface area contributed by atoms with Crippen LogP contribution < -0.4 is 14.8 Å². The zero-order chi connectivity index (χ0) is 17.2. The molecule has 24 heavy (non-hydrogen) atoms. The van der Waals surface area contributed by atoms with Crippen molar-refractivity contribution in [1.82, 2.24) is 10.3 Å². The van der Waals surface area contributed by atoms with Crippen LogP contribution in [-0.4, -0.2) is 37.4 Å². The Bertz CT molecular complexity index is 746. The number of aliphatic hydroxyl groups excluding tert-OH is 1. The number of fused-ring (bicyclic) bond motifs is 1. The smallest absolute Gasteiger partial charge is 0.138 e. The van der Waals surface area contributed by atoms with Crippen molar-refractivity contribution in [3.63, 3.8) is 0 Å². The fourth-order valence-corrected chi connectivity index (χ4v) is 2.04. The van der Waals surface area contributed by atoms with Crippen molar-refractivity contribution in [2.75, 3.05) is 27.3 Å². The van der Waals surface area contributed by atoms with Crippen molar-refractivity contribution in [3.8, 4) is 17.2 Å². The van der Waals surface area contributed by atoms with Gasteiger partial charge < -0.3 is 19.9 Å². The van der Waals surface area contributed by atoms with Gasteiger partial charge in [0, 0.05) is 24.2 Å². The largest absolute Gasteiger partial charge is 0.497 e. The van der Waals surface area contributed by atoms with Gasteiger partial charge in [-0.1, -0.05) is 18.2 Å². The number of ether oxygens (including phenoxy) is 2. The number of methoxy groups -OCH3 is 1. The summed E-state index contributed by atoms with van der Waals surface area (Å²) in [7, 11) is 3.45. The van der Waals surface area contributed by atoms with Crippen molar-refractivity contribution in [3.05, 3.63) is 60.8 Å². The Hall–Kier alpha value is -2.63. The van der Waals surface area contributed by atoms with Gasteiger partial charge in [0.1, 0.15) is 17.2 Å². The number of nitrogens with one attached hydrogen (secondary N) is 1. The van der Waals surface area contributed by atoms with Crippen LogP contribution in [-0.2, 0) is 0 Å². The van der Waals surface area contributed by atoms with Gasteiger partial charge in [0.05, 0.1) is 19.2 Å². The average Bonchev–Trinajstić information content (AvgIpc) is 2.63. The Balaban J connectivity index is 0.000000368. The lowest BCUT2D eigenvalue weighted by Gasteiger charge is -2.09. The van der Waals surface area contributed by atoms with Crippen LogP contribution in [0.25, 0.3) is 10.9 Å². The van der Waals surface area contributed by atoms with E-state index in [4.69, 9.17) is 14.6 Å². The number of rotatable bonds is 5. The van der Waals surface area contributed by atoms with Crippen molar-refractivity contribution >= 4 is 10.9 Å². The molecule has 0 fully saturated rings. The molecule has 3 aromatic rings. The predicted octanol–water partition coefficient (Wildman–Crippen LogP) is 3.23. The summed E-state index contributed by atoms with van der Waals surface area (Å²) in [6.45, 7) is 0.927. The zero-order valence-corrected chi connectivity index (χ0v) is 13.9. The SMILES string of the molecule is CNCCO.COc1ccc2c(Oc3ccccc3)ccnc2c1. The number of benzene rings is 2. The molecule has 0 unspecified atom stereocenters. The van der Waals surface area contributed by atoms with Crippen LogP contribution in [0.5, 0.6) is 17.2 Å². The van der Waals surface area contributed by atoms with Crippen molar-refractivity contribution in [2.45, 2.75) is 0 Å². The molecule has 0 bridgehead atoms. The maximum atomic E-state index is 8.00. The number of likely N-dealkylation sites (N-methyl/N-ethyl adjacent to an activating group) is 1. The molecule has 5 nitrogen and oxygen atoms in total. The lowest BCUT2D eigenvalue weighted by molar-refractivity contribution is 0.296. The molecular formula is C19H22N2O3. The first-order chi connectivity index (χ1) is 11.8. The highest BCUT2D eigenvalue weighted by atomic mass is 16.5. The van der Waals surface area contributed by atoms with Crippen LogP contribution >= 0.6 is 0 Å². The summed E-state index contributed by atoms with van der Waals surface area (Å²) in [6.07, 6.45) is 1.74. The average molecular weight is 326 g/mol. The van der Waals surface area contributed by atoms with E-state index in [0.717, 1.165) is 28.2 Å². The van der Waals surface area contributed by atoms with E-state index >= 15 is 0 Å². The maximum Gasteiger partial charge on any atom is 0.138 e. The summed E-state index contributed by atoms with van der Waals surface area (Å²) in [6, 6.07) is 17.3. The molecule has 0 aliphatic carbocycles. The molecule has 1 heterocycles. The molecule has 0 aliphatic heterocycles. The maximum absolute atomic E-state index is 8.00. The fraction of sp³-hybridized carbons (Fsp3) is 0.211. The van der Waals surface area contributed by atoms with Crippen molar-refractivity contribution in [1.29, 1.82) is 0 Å². The van der Waals surface area contributed by atoms with Gasteiger partial charge in [0.2, 0.25) is 0 Å². The lowest BCUT2D eigenvalue weighted by atomic mass is 10.2. The number of hydrogen-bond donors (Lipinski definition) is 2. The summed E-state index contributed by atoms with van der Waals surface area (Å²) in [5.41, 5.74) is 0.854.